The Morgan fingerprint density at radius 3 is 2.53 bits per heavy atom. The van der Waals surface area contributed by atoms with Gasteiger partial charge in [0.25, 0.3) is 0 Å². The minimum Gasteiger partial charge on any atom is -0.497 e. The normalized spacial score (nSPS) is 25.4. The molecule has 0 bridgehead atoms. The van der Waals surface area contributed by atoms with Crippen LogP contribution in [0.15, 0.2) is 24.3 Å². The van der Waals surface area contributed by atoms with E-state index in [9.17, 15) is 5.26 Å². The van der Waals surface area contributed by atoms with Gasteiger partial charge in [-0.05, 0) is 38.1 Å². The van der Waals surface area contributed by atoms with Crippen LogP contribution < -0.4 is 10.1 Å². The van der Waals surface area contributed by atoms with Crippen molar-refractivity contribution in [2.24, 2.45) is 0 Å². The van der Waals surface area contributed by atoms with E-state index in [2.05, 4.69) is 11.4 Å². The third kappa shape index (κ3) is 3.18. The van der Waals surface area contributed by atoms with E-state index in [0.717, 1.165) is 11.4 Å². The summed E-state index contributed by atoms with van der Waals surface area (Å²) < 4.78 is 10.8. The van der Waals surface area contributed by atoms with Crippen LogP contribution in [0, 0.1) is 11.3 Å². The Morgan fingerprint density at radius 2 is 2.00 bits per heavy atom. The average Bonchev–Trinajstić information content (AvgIpc) is 2.38. The van der Waals surface area contributed by atoms with Gasteiger partial charge in [-0.15, -0.1) is 0 Å². The van der Waals surface area contributed by atoms with Crippen molar-refractivity contribution in [3.8, 4) is 11.8 Å². The van der Waals surface area contributed by atoms with Crippen LogP contribution in [-0.4, -0.2) is 24.9 Å². The molecule has 1 heterocycles. The first-order valence-electron chi connectivity index (χ1n) is 6.46. The highest BCUT2D eigenvalue weighted by Gasteiger charge is 2.41. The molecule has 1 aliphatic rings. The van der Waals surface area contributed by atoms with Crippen LogP contribution in [0.25, 0.3) is 0 Å². The SMILES string of the molecule is COc1ccc(NC2(C#N)CCOC(C)(C)C2)cc1. The third-order valence-corrected chi connectivity index (χ3v) is 3.44. The van der Waals surface area contributed by atoms with Gasteiger partial charge in [-0.1, -0.05) is 0 Å². The quantitative estimate of drug-likeness (QED) is 0.907. The van der Waals surface area contributed by atoms with Gasteiger partial charge in [0.15, 0.2) is 0 Å². The summed E-state index contributed by atoms with van der Waals surface area (Å²) in [6.07, 6.45) is 1.36. The monoisotopic (exact) mass is 260 g/mol. The van der Waals surface area contributed by atoms with Crippen LogP contribution in [0.3, 0.4) is 0 Å². The van der Waals surface area contributed by atoms with E-state index in [1.165, 1.54) is 0 Å². The number of nitriles is 1. The number of nitrogens with zero attached hydrogens (tertiary/aromatic N) is 1. The second-order valence-electron chi connectivity index (χ2n) is 5.58. The molecule has 1 aromatic rings. The van der Waals surface area contributed by atoms with E-state index in [1.54, 1.807) is 7.11 Å². The molecular weight excluding hydrogens is 240 g/mol. The highest BCUT2D eigenvalue weighted by atomic mass is 16.5. The number of hydrogen-bond acceptors (Lipinski definition) is 4. The molecule has 1 saturated heterocycles. The molecule has 0 aromatic heterocycles. The Bertz CT molecular complexity index is 476. The average molecular weight is 260 g/mol. The van der Waals surface area contributed by atoms with Crippen LogP contribution >= 0.6 is 0 Å². The lowest BCUT2D eigenvalue weighted by Crippen LogP contribution is -2.49. The van der Waals surface area contributed by atoms with Crippen LogP contribution in [-0.2, 0) is 4.74 Å². The van der Waals surface area contributed by atoms with Crippen molar-refractivity contribution in [3.63, 3.8) is 0 Å². The molecule has 0 amide bonds. The third-order valence-electron chi connectivity index (χ3n) is 3.44. The highest BCUT2D eigenvalue weighted by Crippen LogP contribution is 2.34. The summed E-state index contributed by atoms with van der Waals surface area (Å²) in [4.78, 5) is 0. The molecule has 1 N–H and O–H groups in total. The van der Waals surface area contributed by atoms with E-state index < -0.39 is 5.54 Å². The van der Waals surface area contributed by atoms with Gasteiger partial charge in [-0.25, -0.2) is 0 Å². The molecule has 1 aromatic carbocycles. The van der Waals surface area contributed by atoms with Gasteiger partial charge in [-0.2, -0.15) is 5.26 Å². The number of methoxy groups -OCH3 is 1. The number of anilines is 1. The zero-order chi connectivity index (χ0) is 13.9. The minimum absolute atomic E-state index is 0.270. The topological polar surface area (TPSA) is 54.3 Å². The Morgan fingerprint density at radius 1 is 1.32 bits per heavy atom. The molecule has 19 heavy (non-hydrogen) atoms. The summed E-state index contributed by atoms with van der Waals surface area (Å²) in [6.45, 7) is 4.64. The van der Waals surface area contributed by atoms with Gasteiger partial charge >= 0.3 is 0 Å². The van der Waals surface area contributed by atoms with Crippen molar-refractivity contribution in [2.45, 2.75) is 37.8 Å². The van der Waals surface area contributed by atoms with Crippen molar-refractivity contribution in [1.82, 2.24) is 0 Å². The van der Waals surface area contributed by atoms with Gasteiger partial charge < -0.3 is 14.8 Å². The number of hydrogen-bond donors (Lipinski definition) is 1. The first kappa shape index (κ1) is 13.7. The van der Waals surface area contributed by atoms with E-state index in [4.69, 9.17) is 9.47 Å². The lowest BCUT2D eigenvalue weighted by Gasteiger charge is -2.41. The predicted octanol–water partition coefficient (Wildman–Crippen LogP) is 2.96. The molecule has 1 fully saturated rings. The Labute approximate surface area is 114 Å². The first-order chi connectivity index (χ1) is 8.99. The largest absolute Gasteiger partial charge is 0.497 e. The number of nitrogens with one attached hydrogen (secondary N) is 1. The van der Waals surface area contributed by atoms with Crippen molar-refractivity contribution in [1.29, 1.82) is 5.26 Å². The Hall–Kier alpha value is -1.73. The van der Waals surface area contributed by atoms with Gasteiger partial charge in [0.2, 0.25) is 0 Å². The summed E-state index contributed by atoms with van der Waals surface area (Å²) >= 11 is 0. The molecule has 4 nitrogen and oxygen atoms in total. The Kier molecular flexibility index (Phi) is 3.68. The summed E-state index contributed by atoms with van der Waals surface area (Å²) in [6, 6.07) is 10.1. The minimum atomic E-state index is -0.559. The van der Waals surface area contributed by atoms with Gasteiger partial charge in [0.1, 0.15) is 11.3 Å². The number of benzene rings is 1. The molecule has 102 valence electrons. The summed E-state index contributed by atoms with van der Waals surface area (Å²) in [7, 11) is 1.64. The molecule has 1 atom stereocenters. The molecule has 4 heteroatoms. The van der Waals surface area contributed by atoms with Crippen LogP contribution in [0.2, 0.25) is 0 Å². The maximum absolute atomic E-state index is 9.54. The molecule has 1 unspecified atom stereocenters. The second-order valence-corrected chi connectivity index (χ2v) is 5.58. The van der Waals surface area contributed by atoms with Gasteiger partial charge in [0.05, 0.1) is 25.4 Å². The predicted molar refractivity (Wildman–Crippen MR) is 74.2 cm³/mol. The van der Waals surface area contributed by atoms with Crippen LogP contribution in [0.4, 0.5) is 5.69 Å². The summed E-state index contributed by atoms with van der Waals surface area (Å²) in [5.41, 5.74) is 0.101. The van der Waals surface area contributed by atoms with Crippen LogP contribution in [0.5, 0.6) is 5.75 Å². The fourth-order valence-electron chi connectivity index (χ4n) is 2.55. The second kappa shape index (κ2) is 5.10. The fraction of sp³-hybridized carbons (Fsp3) is 0.533. The van der Waals surface area contributed by atoms with Crippen molar-refractivity contribution in [2.75, 3.05) is 19.0 Å². The van der Waals surface area contributed by atoms with Gasteiger partial charge in [0, 0.05) is 18.5 Å². The van der Waals surface area contributed by atoms with Gasteiger partial charge in [-0.3, -0.25) is 0 Å². The maximum Gasteiger partial charge on any atom is 0.130 e. The number of ether oxygens (including phenoxy) is 2. The van der Waals surface area contributed by atoms with E-state index in [1.807, 2.05) is 38.1 Å². The standard InChI is InChI=1S/C15H20N2O2/c1-14(2)10-15(11-16,8-9-19-14)17-12-4-6-13(18-3)7-5-12/h4-7,17H,8-10H2,1-3H3. The molecule has 0 spiro atoms. The summed E-state index contributed by atoms with van der Waals surface area (Å²) in [5, 5.41) is 12.9. The van der Waals surface area contributed by atoms with Crippen molar-refractivity contribution < 1.29 is 9.47 Å². The fourth-order valence-corrected chi connectivity index (χ4v) is 2.55. The molecular formula is C15H20N2O2. The number of rotatable bonds is 3. The van der Waals surface area contributed by atoms with Crippen molar-refractivity contribution >= 4 is 5.69 Å². The molecule has 2 rings (SSSR count). The first-order valence-corrected chi connectivity index (χ1v) is 6.46. The zero-order valence-corrected chi connectivity index (χ0v) is 11.7. The molecule has 0 saturated carbocycles. The maximum atomic E-state index is 9.54. The molecule has 1 aliphatic heterocycles. The summed E-state index contributed by atoms with van der Waals surface area (Å²) in [5.74, 6) is 0.809. The lowest BCUT2D eigenvalue weighted by atomic mass is 9.82. The van der Waals surface area contributed by atoms with Crippen molar-refractivity contribution in [3.05, 3.63) is 24.3 Å². The lowest BCUT2D eigenvalue weighted by molar-refractivity contribution is -0.0659. The highest BCUT2D eigenvalue weighted by molar-refractivity contribution is 5.50. The molecule has 0 radical (unpaired) electrons. The zero-order valence-electron chi connectivity index (χ0n) is 11.7. The molecule has 0 aliphatic carbocycles. The Balaban J connectivity index is 2.16. The van der Waals surface area contributed by atoms with E-state index in [-0.39, 0.29) is 5.60 Å². The van der Waals surface area contributed by atoms with E-state index in [0.29, 0.717) is 19.4 Å². The smallest absolute Gasteiger partial charge is 0.130 e. The van der Waals surface area contributed by atoms with Crippen LogP contribution in [0.1, 0.15) is 26.7 Å². The van der Waals surface area contributed by atoms with E-state index >= 15 is 0 Å².